The van der Waals surface area contributed by atoms with Gasteiger partial charge in [0.15, 0.2) is 0 Å². The lowest BCUT2D eigenvalue weighted by atomic mass is 9.97. The van der Waals surface area contributed by atoms with Crippen LogP contribution in [-0.4, -0.2) is 40.6 Å². The SMILES string of the molecule is CC(NC(=O)CN1CCCC1C(C)(C)O)c1ccccc1Cl. The standard InChI is InChI=1S/C17H25ClN2O2/c1-12(13-7-4-5-8-14(13)18)19-16(21)11-20-10-6-9-15(20)17(2,3)22/h4-5,7-8,12,15,22H,6,9-11H2,1-3H3,(H,19,21). The Kier molecular flexibility index (Phi) is 5.48. The number of likely N-dealkylation sites (tertiary alicyclic amines) is 1. The normalized spacial score (nSPS) is 20.9. The van der Waals surface area contributed by atoms with Gasteiger partial charge in [0.25, 0.3) is 0 Å². The number of nitrogens with one attached hydrogen (secondary N) is 1. The summed E-state index contributed by atoms with van der Waals surface area (Å²) < 4.78 is 0. The van der Waals surface area contributed by atoms with Gasteiger partial charge in [-0.15, -0.1) is 0 Å². The van der Waals surface area contributed by atoms with Crippen molar-refractivity contribution in [1.82, 2.24) is 10.2 Å². The Labute approximate surface area is 137 Å². The molecule has 0 saturated carbocycles. The first kappa shape index (κ1) is 17.3. The summed E-state index contributed by atoms with van der Waals surface area (Å²) in [5.41, 5.74) is 0.128. The summed E-state index contributed by atoms with van der Waals surface area (Å²) in [4.78, 5) is 14.4. The third-order valence-electron chi connectivity index (χ3n) is 4.28. The Morgan fingerprint density at radius 2 is 2.18 bits per heavy atom. The molecule has 1 heterocycles. The molecule has 1 aromatic carbocycles. The molecule has 0 aliphatic carbocycles. The molecular formula is C17H25ClN2O2. The number of benzene rings is 1. The predicted octanol–water partition coefficient (Wildman–Crippen LogP) is 2.75. The highest BCUT2D eigenvalue weighted by Crippen LogP contribution is 2.26. The Morgan fingerprint density at radius 1 is 1.50 bits per heavy atom. The highest BCUT2D eigenvalue weighted by Gasteiger charge is 2.36. The molecule has 2 rings (SSSR count). The average Bonchev–Trinajstić information content (AvgIpc) is 2.86. The predicted molar refractivity (Wildman–Crippen MR) is 88.9 cm³/mol. The molecule has 122 valence electrons. The summed E-state index contributed by atoms with van der Waals surface area (Å²) in [5, 5.41) is 13.9. The summed E-state index contributed by atoms with van der Waals surface area (Å²) in [5.74, 6) is -0.0384. The van der Waals surface area contributed by atoms with E-state index in [-0.39, 0.29) is 18.0 Å². The van der Waals surface area contributed by atoms with Crippen molar-refractivity contribution in [2.75, 3.05) is 13.1 Å². The van der Waals surface area contributed by atoms with Crippen molar-refractivity contribution in [1.29, 1.82) is 0 Å². The maximum Gasteiger partial charge on any atom is 0.234 e. The maximum atomic E-state index is 12.3. The highest BCUT2D eigenvalue weighted by molar-refractivity contribution is 6.31. The largest absolute Gasteiger partial charge is 0.389 e. The second kappa shape index (κ2) is 6.99. The lowest BCUT2D eigenvalue weighted by Crippen LogP contribution is -2.49. The number of rotatable bonds is 5. The minimum atomic E-state index is -0.787. The number of hydrogen-bond donors (Lipinski definition) is 2. The van der Waals surface area contributed by atoms with Crippen LogP contribution in [0.25, 0.3) is 0 Å². The fourth-order valence-corrected chi connectivity index (χ4v) is 3.49. The molecule has 2 unspecified atom stereocenters. The van der Waals surface area contributed by atoms with Crippen molar-refractivity contribution in [3.8, 4) is 0 Å². The second-order valence-electron chi connectivity index (χ2n) is 6.59. The Bertz CT molecular complexity index is 528. The first-order valence-corrected chi connectivity index (χ1v) is 8.17. The molecule has 0 aromatic heterocycles. The van der Waals surface area contributed by atoms with Gasteiger partial charge in [0.1, 0.15) is 0 Å². The molecule has 5 heteroatoms. The van der Waals surface area contributed by atoms with E-state index in [0.717, 1.165) is 24.9 Å². The molecule has 0 bridgehead atoms. The van der Waals surface area contributed by atoms with E-state index >= 15 is 0 Å². The minimum Gasteiger partial charge on any atom is -0.389 e. The van der Waals surface area contributed by atoms with Gasteiger partial charge in [-0.25, -0.2) is 0 Å². The smallest absolute Gasteiger partial charge is 0.234 e. The number of hydrogen-bond acceptors (Lipinski definition) is 3. The van der Waals surface area contributed by atoms with Crippen LogP contribution in [0, 0.1) is 0 Å². The van der Waals surface area contributed by atoms with Crippen molar-refractivity contribution < 1.29 is 9.90 Å². The van der Waals surface area contributed by atoms with Gasteiger partial charge in [0, 0.05) is 11.1 Å². The van der Waals surface area contributed by atoms with Crippen LogP contribution in [-0.2, 0) is 4.79 Å². The molecule has 22 heavy (non-hydrogen) atoms. The zero-order chi connectivity index (χ0) is 16.3. The summed E-state index contributed by atoms with van der Waals surface area (Å²) in [7, 11) is 0. The van der Waals surface area contributed by atoms with Gasteiger partial charge in [-0.05, 0) is 51.8 Å². The third kappa shape index (κ3) is 4.22. The molecular weight excluding hydrogens is 300 g/mol. The lowest BCUT2D eigenvalue weighted by molar-refractivity contribution is -0.124. The fraction of sp³-hybridized carbons (Fsp3) is 0.588. The average molecular weight is 325 g/mol. The minimum absolute atomic E-state index is 0.0360. The van der Waals surface area contributed by atoms with Crippen molar-refractivity contribution in [3.05, 3.63) is 34.9 Å². The summed E-state index contributed by atoms with van der Waals surface area (Å²) in [6, 6.07) is 7.43. The Morgan fingerprint density at radius 3 is 2.82 bits per heavy atom. The van der Waals surface area contributed by atoms with E-state index in [1.165, 1.54) is 0 Å². The van der Waals surface area contributed by atoms with Crippen LogP contribution in [0.4, 0.5) is 0 Å². The highest BCUT2D eigenvalue weighted by atomic mass is 35.5. The van der Waals surface area contributed by atoms with Gasteiger partial charge in [0.2, 0.25) is 5.91 Å². The van der Waals surface area contributed by atoms with Gasteiger partial charge in [-0.2, -0.15) is 0 Å². The van der Waals surface area contributed by atoms with E-state index < -0.39 is 5.60 Å². The third-order valence-corrected chi connectivity index (χ3v) is 4.62. The van der Waals surface area contributed by atoms with Crippen molar-refractivity contribution in [2.45, 2.75) is 51.3 Å². The number of carbonyl (C=O) groups is 1. The molecule has 2 N–H and O–H groups in total. The van der Waals surface area contributed by atoms with Crippen molar-refractivity contribution >= 4 is 17.5 Å². The number of halogens is 1. The summed E-state index contributed by atoms with van der Waals surface area (Å²) >= 11 is 6.16. The van der Waals surface area contributed by atoms with E-state index in [0.29, 0.717) is 11.6 Å². The van der Waals surface area contributed by atoms with Crippen LogP contribution in [0.3, 0.4) is 0 Å². The van der Waals surface area contributed by atoms with Gasteiger partial charge in [-0.3, -0.25) is 9.69 Å². The second-order valence-corrected chi connectivity index (χ2v) is 7.00. The zero-order valence-electron chi connectivity index (χ0n) is 13.5. The van der Waals surface area contributed by atoms with E-state index in [2.05, 4.69) is 10.2 Å². The molecule has 1 saturated heterocycles. The first-order valence-electron chi connectivity index (χ1n) is 7.79. The molecule has 0 radical (unpaired) electrons. The van der Waals surface area contributed by atoms with Crippen molar-refractivity contribution in [2.24, 2.45) is 0 Å². The van der Waals surface area contributed by atoms with Gasteiger partial charge < -0.3 is 10.4 Å². The van der Waals surface area contributed by atoms with Crippen molar-refractivity contribution in [3.63, 3.8) is 0 Å². The quantitative estimate of drug-likeness (QED) is 0.875. The zero-order valence-corrected chi connectivity index (χ0v) is 14.2. The van der Waals surface area contributed by atoms with Crippen LogP contribution < -0.4 is 5.32 Å². The maximum absolute atomic E-state index is 12.3. The fourth-order valence-electron chi connectivity index (χ4n) is 3.19. The van der Waals surface area contributed by atoms with Crippen LogP contribution in [0.1, 0.15) is 45.2 Å². The summed E-state index contributed by atoms with van der Waals surface area (Å²) in [6.07, 6.45) is 1.94. The van der Waals surface area contributed by atoms with Gasteiger partial charge in [0.05, 0.1) is 18.2 Å². The van der Waals surface area contributed by atoms with E-state index in [1.807, 2.05) is 31.2 Å². The first-order chi connectivity index (χ1) is 10.3. The molecule has 1 aliphatic rings. The topological polar surface area (TPSA) is 52.6 Å². The van der Waals surface area contributed by atoms with Gasteiger partial charge in [-0.1, -0.05) is 29.8 Å². The van der Waals surface area contributed by atoms with E-state index in [1.54, 1.807) is 13.8 Å². The monoisotopic (exact) mass is 324 g/mol. The van der Waals surface area contributed by atoms with Crippen LogP contribution in [0.2, 0.25) is 5.02 Å². The number of aliphatic hydroxyl groups is 1. The number of amides is 1. The van der Waals surface area contributed by atoms with Crippen LogP contribution in [0.15, 0.2) is 24.3 Å². The molecule has 2 atom stereocenters. The number of carbonyl (C=O) groups excluding carboxylic acids is 1. The summed E-state index contributed by atoms with van der Waals surface area (Å²) in [6.45, 7) is 6.70. The molecule has 1 amide bonds. The molecule has 1 aromatic rings. The van der Waals surface area contributed by atoms with E-state index in [9.17, 15) is 9.90 Å². The Hall–Kier alpha value is -1.10. The van der Waals surface area contributed by atoms with Crippen LogP contribution >= 0.6 is 11.6 Å². The van der Waals surface area contributed by atoms with Crippen LogP contribution in [0.5, 0.6) is 0 Å². The lowest BCUT2D eigenvalue weighted by Gasteiger charge is -2.33. The van der Waals surface area contributed by atoms with Gasteiger partial charge >= 0.3 is 0 Å². The Balaban J connectivity index is 1.94. The molecule has 0 spiro atoms. The number of nitrogens with zero attached hydrogens (tertiary/aromatic N) is 1. The molecule has 1 aliphatic heterocycles. The van der Waals surface area contributed by atoms with E-state index in [4.69, 9.17) is 11.6 Å². The molecule has 4 nitrogen and oxygen atoms in total. The molecule has 1 fully saturated rings.